The topological polar surface area (TPSA) is 125 Å². The second-order valence-electron chi connectivity index (χ2n) is 5.52. The van der Waals surface area contributed by atoms with Gasteiger partial charge in [-0.05, 0) is 6.92 Å². The standard InChI is InChI=1S/C13H20N2O8/c1-5-19-4-6-9(20-5)10-11(12(18)21-6)23-13(22-10)15-8(17)3-7(16)14-2/h5-6,9-13,18H,3-4H2,1-2H3,(H,14,16)(H,15,17). The summed E-state index contributed by atoms with van der Waals surface area (Å²) in [5.74, 6) is -0.982. The van der Waals surface area contributed by atoms with Crippen molar-refractivity contribution in [1.82, 2.24) is 10.6 Å². The quantitative estimate of drug-likeness (QED) is 0.497. The van der Waals surface area contributed by atoms with Gasteiger partial charge in [-0.15, -0.1) is 0 Å². The molecule has 10 heteroatoms. The molecule has 0 aromatic heterocycles. The van der Waals surface area contributed by atoms with E-state index in [-0.39, 0.29) is 13.0 Å². The molecule has 0 bridgehead atoms. The fraction of sp³-hybridized carbons (Fsp3) is 0.846. The lowest BCUT2D eigenvalue weighted by Gasteiger charge is -2.44. The summed E-state index contributed by atoms with van der Waals surface area (Å²) in [6, 6.07) is 0. The molecule has 0 saturated carbocycles. The maximum Gasteiger partial charge on any atom is 0.241 e. The molecule has 3 rings (SSSR count). The van der Waals surface area contributed by atoms with Crippen molar-refractivity contribution in [3.63, 3.8) is 0 Å². The van der Waals surface area contributed by atoms with E-state index in [0.29, 0.717) is 0 Å². The fourth-order valence-corrected chi connectivity index (χ4v) is 2.79. The maximum atomic E-state index is 11.7. The van der Waals surface area contributed by atoms with Crippen LogP contribution in [0.25, 0.3) is 0 Å². The first-order chi connectivity index (χ1) is 11.0. The molecule has 3 aliphatic heterocycles. The first-order valence-electron chi connectivity index (χ1n) is 7.39. The van der Waals surface area contributed by atoms with E-state index < -0.39 is 55.2 Å². The largest absolute Gasteiger partial charge is 0.366 e. The highest BCUT2D eigenvalue weighted by atomic mass is 16.8. The lowest BCUT2D eigenvalue weighted by Crippen LogP contribution is -2.61. The predicted molar refractivity (Wildman–Crippen MR) is 71.5 cm³/mol. The Hall–Kier alpha value is -1.30. The molecule has 2 amide bonds. The third-order valence-corrected chi connectivity index (χ3v) is 3.89. The van der Waals surface area contributed by atoms with Crippen molar-refractivity contribution in [2.24, 2.45) is 0 Å². The Kier molecular flexibility index (Phi) is 4.80. The molecular formula is C13H20N2O8. The summed E-state index contributed by atoms with van der Waals surface area (Å²) in [4.78, 5) is 22.9. The molecule has 0 aliphatic carbocycles. The lowest BCUT2D eigenvalue weighted by atomic mass is 9.98. The Balaban J connectivity index is 1.61. The molecule has 3 heterocycles. The molecule has 0 aromatic carbocycles. The highest BCUT2D eigenvalue weighted by Gasteiger charge is 2.55. The summed E-state index contributed by atoms with van der Waals surface area (Å²) in [5.41, 5.74) is 0. The molecule has 7 unspecified atom stereocenters. The number of carbonyl (C=O) groups is 2. The first-order valence-corrected chi connectivity index (χ1v) is 7.39. The minimum atomic E-state index is -1.22. The highest BCUT2D eigenvalue weighted by molar-refractivity contribution is 5.96. The monoisotopic (exact) mass is 332 g/mol. The molecule has 23 heavy (non-hydrogen) atoms. The smallest absolute Gasteiger partial charge is 0.241 e. The maximum absolute atomic E-state index is 11.7. The van der Waals surface area contributed by atoms with Gasteiger partial charge >= 0.3 is 0 Å². The van der Waals surface area contributed by atoms with E-state index in [0.717, 1.165) is 0 Å². The second kappa shape index (κ2) is 6.67. The molecule has 3 fully saturated rings. The highest BCUT2D eigenvalue weighted by Crippen LogP contribution is 2.35. The number of rotatable bonds is 3. The molecule has 7 atom stereocenters. The van der Waals surface area contributed by atoms with Crippen LogP contribution in [-0.2, 0) is 33.3 Å². The van der Waals surface area contributed by atoms with Gasteiger partial charge in [0, 0.05) is 7.05 Å². The van der Waals surface area contributed by atoms with Crippen molar-refractivity contribution in [3.8, 4) is 0 Å². The Morgan fingerprint density at radius 3 is 2.57 bits per heavy atom. The molecule has 0 aromatic rings. The second-order valence-corrected chi connectivity index (χ2v) is 5.52. The zero-order chi connectivity index (χ0) is 16.6. The van der Waals surface area contributed by atoms with Gasteiger partial charge in [0.15, 0.2) is 12.6 Å². The van der Waals surface area contributed by atoms with Gasteiger partial charge in [0.1, 0.15) is 30.8 Å². The Labute approximate surface area is 132 Å². The van der Waals surface area contributed by atoms with Gasteiger partial charge in [-0.3, -0.25) is 9.59 Å². The van der Waals surface area contributed by atoms with Crippen molar-refractivity contribution >= 4 is 11.8 Å². The molecule has 0 spiro atoms. The fourth-order valence-electron chi connectivity index (χ4n) is 2.79. The molecule has 3 aliphatic rings. The zero-order valence-corrected chi connectivity index (χ0v) is 12.8. The van der Waals surface area contributed by atoms with E-state index in [1.165, 1.54) is 7.05 Å². The average Bonchev–Trinajstić information content (AvgIpc) is 2.92. The Morgan fingerprint density at radius 2 is 1.83 bits per heavy atom. The van der Waals surface area contributed by atoms with Crippen molar-refractivity contribution in [2.75, 3.05) is 13.7 Å². The summed E-state index contributed by atoms with van der Waals surface area (Å²) in [5, 5.41) is 14.8. The van der Waals surface area contributed by atoms with E-state index in [2.05, 4.69) is 10.6 Å². The van der Waals surface area contributed by atoms with Gasteiger partial charge in [0.05, 0.1) is 6.61 Å². The van der Waals surface area contributed by atoms with Gasteiger partial charge in [-0.25, -0.2) is 0 Å². The summed E-state index contributed by atoms with van der Waals surface area (Å²) < 4.78 is 27.5. The minimum absolute atomic E-state index is 0.267. The van der Waals surface area contributed by atoms with Crippen LogP contribution in [0, 0.1) is 0 Å². The summed E-state index contributed by atoms with van der Waals surface area (Å²) in [6.07, 6.45) is -5.45. The number of carbonyl (C=O) groups excluding carboxylic acids is 2. The van der Waals surface area contributed by atoms with Crippen LogP contribution in [-0.4, -0.2) is 74.0 Å². The molecule has 130 valence electrons. The van der Waals surface area contributed by atoms with E-state index in [1.807, 2.05) is 0 Å². The third kappa shape index (κ3) is 3.47. The van der Waals surface area contributed by atoms with Crippen LogP contribution >= 0.6 is 0 Å². The predicted octanol–water partition coefficient (Wildman–Crippen LogP) is -2.22. The Bertz CT molecular complexity index is 475. The molecule has 0 radical (unpaired) electrons. The van der Waals surface area contributed by atoms with Gasteiger partial charge in [0.2, 0.25) is 18.2 Å². The minimum Gasteiger partial charge on any atom is -0.366 e. The normalized spacial score (nSPS) is 42.5. The molecule has 10 nitrogen and oxygen atoms in total. The van der Waals surface area contributed by atoms with E-state index in [9.17, 15) is 14.7 Å². The number of aliphatic hydroxyl groups is 1. The number of hydrogen-bond acceptors (Lipinski definition) is 8. The number of hydrogen-bond donors (Lipinski definition) is 3. The van der Waals surface area contributed by atoms with E-state index in [4.69, 9.17) is 23.7 Å². The van der Waals surface area contributed by atoms with Gasteiger partial charge in [0.25, 0.3) is 0 Å². The van der Waals surface area contributed by atoms with Crippen LogP contribution in [0.5, 0.6) is 0 Å². The molecular weight excluding hydrogens is 312 g/mol. The van der Waals surface area contributed by atoms with Crippen molar-refractivity contribution in [2.45, 2.75) is 56.8 Å². The SMILES string of the molecule is CNC(=O)CC(=O)NC1OC2C(O)OC3COC(C)OC3C2O1. The summed E-state index contributed by atoms with van der Waals surface area (Å²) in [7, 11) is 1.43. The van der Waals surface area contributed by atoms with Crippen LogP contribution < -0.4 is 10.6 Å². The van der Waals surface area contributed by atoms with Crippen molar-refractivity contribution in [3.05, 3.63) is 0 Å². The number of amides is 2. The van der Waals surface area contributed by atoms with Gasteiger partial charge < -0.3 is 39.4 Å². The molecule has 3 N–H and O–H groups in total. The van der Waals surface area contributed by atoms with Crippen LogP contribution in [0.15, 0.2) is 0 Å². The van der Waals surface area contributed by atoms with E-state index in [1.54, 1.807) is 6.92 Å². The van der Waals surface area contributed by atoms with Crippen LogP contribution in [0.4, 0.5) is 0 Å². The zero-order valence-electron chi connectivity index (χ0n) is 12.8. The summed E-state index contributed by atoms with van der Waals surface area (Å²) in [6.45, 7) is 2.01. The number of fused-ring (bicyclic) bond motifs is 3. The molecule has 3 saturated heterocycles. The summed E-state index contributed by atoms with van der Waals surface area (Å²) >= 11 is 0. The van der Waals surface area contributed by atoms with Gasteiger partial charge in [-0.1, -0.05) is 0 Å². The van der Waals surface area contributed by atoms with Crippen LogP contribution in [0.1, 0.15) is 13.3 Å². The Morgan fingerprint density at radius 1 is 1.09 bits per heavy atom. The lowest BCUT2D eigenvalue weighted by molar-refractivity contribution is -0.333. The van der Waals surface area contributed by atoms with E-state index >= 15 is 0 Å². The number of nitrogens with one attached hydrogen (secondary N) is 2. The van der Waals surface area contributed by atoms with Crippen molar-refractivity contribution < 1.29 is 38.4 Å². The average molecular weight is 332 g/mol. The number of ether oxygens (including phenoxy) is 5. The number of aliphatic hydroxyl groups excluding tert-OH is 1. The third-order valence-electron chi connectivity index (χ3n) is 3.89. The first kappa shape index (κ1) is 16.6. The van der Waals surface area contributed by atoms with Gasteiger partial charge in [-0.2, -0.15) is 0 Å². The van der Waals surface area contributed by atoms with Crippen LogP contribution in [0.2, 0.25) is 0 Å². The van der Waals surface area contributed by atoms with Crippen molar-refractivity contribution in [1.29, 1.82) is 0 Å². The van der Waals surface area contributed by atoms with Crippen LogP contribution in [0.3, 0.4) is 0 Å².